The number of nitrogens with zero attached hydrogens (tertiary/aromatic N) is 1. The highest BCUT2D eigenvalue weighted by Gasteiger charge is 2.11. The first-order chi connectivity index (χ1) is 4.29. The second-order valence-electron chi connectivity index (χ2n) is 2.17. The normalized spacial score (nSPS) is 18.0. The molecule has 2 amide bonds. The van der Waals surface area contributed by atoms with Gasteiger partial charge < -0.3 is 5.73 Å². The molecule has 1 aliphatic heterocycles. The summed E-state index contributed by atoms with van der Waals surface area (Å²) >= 11 is 0. The van der Waals surface area contributed by atoms with Crippen LogP contribution in [0.3, 0.4) is 0 Å². The molecule has 0 atom stereocenters. The summed E-state index contributed by atoms with van der Waals surface area (Å²) in [4.78, 5) is 10.2. The van der Waals surface area contributed by atoms with E-state index >= 15 is 0 Å². The third-order valence-electron chi connectivity index (χ3n) is 1.37. The van der Waals surface area contributed by atoms with Crippen molar-refractivity contribution in [3.8, 4) is 0 Å². The molecule has 3 N–H and O–H groups in total. The Kier molecular flexibility index (Phi) is 4.14. The van der Waals surface area contributed by atoms with E-state index in [4.69, 9.17) is 5.73 Å². The summed E-state index contributed by atoms with van der Waals surface area (Å²) in [6.45, 7) is 1.87. The fourth-order valence-electron chi connectivity index (χ4n) is 0.985. The van der Waals surface area contributed by atoms with Crippen molar-refractivity contribution in [2.75, 3.05) is 13.1 Å². The van der Waals surface area contributed by atoms with Gasteiger partial charge in [-0.05, 0) is 12.8 Å². The number of rotatable bonds is 1. The van der Waals surface area contributed by atoms with Gasteiger partial charge in [0.25, 0.3) is 0 Å². The minimum absolute atomic E-state index is 0. The van der Waals surface area contributed by atoms with Crippen LogP contribution in [0.15, 0.2) is 0 Å². The zero-order valence-corrected chi connectivity index (χ0v) is 6.49. The lowest BCUT2D eigenvalue weighted by atomic mass is 10.4. The molecule has 0 bridgehead atoms. The number of carbonyl (C=O) groups excluding carboxylic acids is 1. The molecule has 5 heteroatoms. The number of halogens is 1. The van der Waals surface area contributed by atoms with E-state index in [0.717, 1.165) is 25.9 Å². The molecule has 0 radical (unpaired) electrons. The molecule has 10 heavy (non-hydrogen) atoms. The summed E-state index contributed by atoms with van der Waals surface area (Å²) in [6.07, 6.45) is 2.31. The number of hydrogen-bond acceptors (Lipinski definition) is 2. The number of primary amides is 1. The maximum Gasteiger partial charge on any atom is 0.326 e. The van der Waals surface area contributed by atoms with Crippen molar-refractivity contribution in [3.05, 3.63) is 0 Å². The third kappa shape index (κ3) is 2.89. The summed E-state index contributed by atoms with van der Waals surface area (Å²) < 4.78 is 0. The third-order valence-corrected chi connectivity index (χ3v) is 1.37. The second kappa shape index (κ2) is 4.35. The molecule has 0 aromatic carbocycles. The minimum atomic E-state index is -0.461. The van der Waals surface area contributed by atoms with Crippen molar-refractivity contribution in [2.45, 2.75) is 12.8 Å². The van der Waals surface area contributed by atoms with Crippen LogP contribution in [-0.2, 0) is 0 Å². The highest BCUT2D eigenvalue weighted by atomic mass is 35.5. The first-order valence-corrected chi connectivity index (χ1v) is 3.10. The molecule has 60 valence electrons. The van der Waals surface area contributed by atoms with E-state index in [9.17, 15) is 4.79 Å². The van der Waals surface area contributed by atoms with Gasteiger partial charge >= 0.3 is 6.03 Å². The topological polar surface area (TPSA) is 58.4 Å². The predicted octanol–water partition coefficient (Wildman–Crippen LogP) is 0.0873. The molecular formula is C5H12ClN3O. The molecule has 0 spiro atoms. The van der Waals surface area contributed by atoms with Crippen LogP contribution in [0.5, 0.6) is 0 Å². The summed E-state index contributed by atoms with van der Waals surface area (Å²) in [5.74, 6) is 0. The molecule has 1 aliphatic rings. The molecule has 1 fully saturated rings. The van der Waals surface area contributed by atoms with Crippen LogP contribution in [0.2, 0.25) is 0 Å². The molecule has 4 nitrogen and oxygen atoms in total. The van der Waals surface area contributed by atoms with Gasteiger partial charge in [-0.3, -0.25) is 5.43 Å². The Labute approximate surface area is 66.1 Å². The standard InChI is InChI=1S/C5H11N3O.ClH/c6-5(9)7-8-3-1-2-4-8;/h1-4H2,(H3,6,7,9);1H. The van der Waals surface area contributed by atoms with Gasteiger partial charge in [0.1, 0.15) is 0 Å². The van der Waals surface area contributed by atoms with Crippen LogP contribution in [0.1, 0.15) is 12.8 Å². The predicted molar refractivity (Wildman–Crippen MR) is 40.8 cm³/mol. The maximum atomic E-state index is 10.2. The number of amides is 2. The van der Waals surface area contributed by atoms with Gasteiger partial charge in [-0.2, -0.15) is 0 Å². The summed E-state index contributed by atoms with van der Waals surface area (Å²) in [5.41, 5.74) is 7.39. The number of nitrogens with two attached hydrogens (primary N) is 1. The van der Waals surface area contributed by atoms with Crippen molar-refractivity contribution in [3.63, 3.8) is 0 Å². The molecule has 1 saturated heterocycles. The van der Waals surface area contributed by atoms with Crippen LogP contribution < -0.4 is 11.2 Å². The Morgan fingerprint density at radius 2 is 1.90 bits per heavy atom. The lowest BCUT2D eigenvalue weighted by molar-refractivity contribution is 0.205. The molecule has 0 saturated carbocycles. The van der Waals surface area contributed by atoms with Crippen LogP contribution in [0.4, 0.5) is 4.79 Å². The lowest BCUT2D eigenvalue weighted by Gasteiger charge is -2.12. The van der Waals surface area contributed by atoms with Gasteiger partial charge in [0.2, 0.25) is 0 Å². The Balaban J connectivity index is 0.000000810. The van der Waals surface area contributed by atoms with Gasteiger partial charge in [0, 0.05) is 13.1 Å². The average Bonchev–Trinajstić information content (AvgIpc) is 2.15. The van der Waals surface area contributed by atoms with E-state index < -0.39 is 6.03 Å². The largest absolute Gasteiger partial charge is 0.351 e. The van der Waals surface area contributed by atoms with Crippen molar-refractivity contribution in [1.82, 2.24) is 10.4 Å². The zero-order valence-electron chi connectivity index (χ0n) is 5.67. The smallest absolute Gasteiger partial charge is 0.326 e. The molecule has 1 heterocycles. The molecule has 0 aliphatic carbocycles. The van der Waals surface area contributed by atoms with Crippen molar-refractivity contribution in [2.24, 2.45) is 5.73 Å². The Morgan fingerprint density at radius 3 is 2.30 bits per heavy atom. The van der Waals surface area contributed by atoms with E-state index in [2.05, 4.69) is 5.43 Å². The van der Waals surface area contributed by atoms with Crippen LogP contribution >= 0.6 is 12.4 Å². The van der Waals surface area contributed by atoms with E-state index in [1.54, 1.807) is 0 Å². The fraction of sp³-hybridized carbons (Fsp3) is 0.800. The Hall–Kier alpha value is -0.480. The number of hydrogen-bond donors (Lipinski definition) is 2. The first kappa shape index (κ1) is 9.52. The quantitative estimate of drug-likeness (QED) is 0.579. The molecular weight excluding hydrogens is 154 g/mol. The minimum Gasteiger partial charge on any atom is -0.351 e. The molecule has 1 rings (SSSR count). The Morgan fingerprint density at radius 1 is 1.40 bits per heavy atom. The first-order valence-electron chi connectivity index (χ1n) is 3.10. The summed E-state index contributed by atoms with van der Waals surface area (Å²) in [6, 6.07) is -0.461. The van der Waals surface area contributed by atoms with E-state index in [1.807, 2.05) is 5.01 Å². The van der Waals surface area contributed by atoms with Crippen LogP contribution in [0.25, 0.3) is 0 Å². The van der Waals surface area contributed by atoms with Crippen molar-refractivity contribution >= 4 is 18.4 Å². The van der Waals surface area contributed by atoms with E-state index in [0.29, 0.717) is 0 Å². The van der Waals surface area contributed by atoms with Gasteiger partial charge in [0.05, 0.1) is 0 Å². The van der Waals surface area contributed by atoms with Gasteiger partial charge in [0.15, 0.2) is 0 Å². The van der Waals surface area contributed by atoms with Crippen molar-refractivity contribution < 1.29 is 4.79 Å². The number of nitrogens with one attached hydrogen (secondary N) is 1. The van der Waals surface area contributed by atoms with E-state index in [1.165, 1.54) is 0 Å². The molecule has 0 aromatic rings. The van der Waals surface area contributed by atoms with Gasteiger partial charge in [-0.15, -0.1) is 12.4 Å². The maximum absolute atomic E-state index is 10.2. The van der Waals surface area contributed by atoms with Crippen LogP contribution in [0, 0.1) is 0 Å². The zero-order chi connectivity index (χ0) is 6.69. The van der Waals surface area contributed by atoms with Gasteiger partial charge in [-0.1, -0.05) is 0 Å². The van der Waals surface area contributed by atoms with Crippen molar-refractivity contribution in [1.29, 1.82) is 0 Å². The van der Waals surface area contributed by atoms with Gasteiger partial charge in [-0.25, -0.2) is 9.80 Å². The summed E-state index contributed by atoms with van der Waals surface area (Å²) in [5, 5.41) is 1.84. The SMILES string of the molecule is Cl.NC(=O)NN1CCCC1. The summed E-state index contributed by atoms with van der Waals surface area (Å²) in [7, 11) is 0. The Bertz CT molecular complexity index is 113. The van der Waals surface area contributed by atoms with Crippen LogP contribution in [-0.4, -0.2) is 24.1 Å². The molecule has 0 unspecified atom stereocenters. The highest BCUT2D eigenvalue weighted by molar-refractivity contribution is 5.85. The van der Waals surface area contributed by atoms with E-state index in [-0.39, 0.29) is 12.4 Å². The second-order valence-corrected chi connectivity index (χ2v) is 2.17. The number of carbonyl (C=O) groups is 1. The molecule has 0 aromatic heterocycles. The fourth-order valence-corrected chi connectivity index (χ4v) is 0.985. The lowest BCUT2D eigenvalue weighted by Crippen LogP contribution is -2.43. The monoisotopic (exact) mass is 165 g/mol. The average molecular weight is 166 g/mol. The highest BCUT2D eigenvalue weighted by Crippen LogP contribution is 2.02. The number of urea groups is 1. The number of hydrazine groups is 1.